The summed E-state index contributed by atoms with van der Waals surface area (Å²) in [6, 6.07) is 10.1. The first-order valence-electron chi connectivity index (χ1n) is 7.91. The summed E-state index contributed by atoms with van der Waals surface area (Å²) in [4.78, 5) is 21.0. The van der Waals surface area contributed by atoms with Crippen molar-refractivity contribution in [3.8, 4) is 5.75 Å². The van der Waals surface area contributed by atoms with Crippen LogP contribution in [0.4, 0.5) is 24.5 Å². The van der Waals surface area contributed by atoms with Crippen LogP contribution in [-0.4, -0.2) is 41.7 Å². The van der Waals surface area contributed by atoms with Crippen LogP contribution in [-0.2, 0) is 6.18 Å². The number of aromatic hydroxyl groups is 1. The van der Waals surface area contributed by atoms with Crippen LogP contribution < -0.4 is 11.5 Å². The highest BCUT2D eigenvalue weighted by Gasteiger charge is 2.38. The minimum absolute atomic E-state index is 0.203. The van der Waals surface area contributed by atoms with E-state index in [1.54, 1.807) is 30.3 Å². The van der Waals surface area contributed by atoms with E-state index >= 15 is 0 Å². The van der Waals surface area contributed by atoms with Gasteiger partial charge in [-0.1, -0.05) is 18.2 Å². The Balaban J connectivity index is 2.54. The van der Waals surface area contributed by atoms with Gasteiger partial charge in [0.15, 0.2) is 17.4 Å². The van der Waals surface area contributed by atoms with Gasteiger partial charge in [-0.15, -0.1) is 0 Å². The summed E-state index contributed by atoms with van der Waals surface area (Å²) in [6.07, 6.45) is -4.85. The molecular formula is C18H18F3N5O2. The lowest BCUT2D eigenvalue weighted by molar-refractivity contribution is -0.138. The van der Waals surface area contributed by atoms with Crippen LogP contribution in [0.15, 0.2) is 52.4 Å². The molecule has 0 fully saturated rings. The molecule has 0 saturated carbocycles. The van der Waals surface area contributed by atoms with Gasteiger partial charge in [-0.3, -0.25) is 4.79 Å². The van der Waals surface area contributed by atoms with Crippen LogP contribution in [0, 0.1) is 0 Å². The maximum absolute atomic E-state index is 13.2. The number of hydrogen-bond donors (Lipinski definition) is 3. The fraction of sp³-hybridized carbons (Fsp3) is 0.167. The van der Waals surface area contributed by atoms with Crippen molar-refractivity contribution in [1.29, 1.82) is 0 Å². The number of phenols is 1. The summed E-state index contributed by atoms with van der Waals surface area (Å²) in [5.74, 6) is -2.52. The number of nitrogens with two attached hydrogens (primary N) is 2. The molecule has 0 aliphatic rings. The summed E-state index contributed by atoms with van der Waals surface area (Å²) < 4.78 is 39.7. The summed E-state index contributed by atoms with van der Waals surface area (Å²) >= 11 is 0. The van der Waals surface area contributed by atoms with Crippen molar-refractivity contribution in [2.45, 2.75) is 6.18 Å². The fourth-order valence-electron chi connectivity index (χ4n) is 2.23. The normalized spacial score (nSPS) is 12.8. The van der Waals surface area contributed by atoms with E-state index in [1.807, 2.05) is 0 Å². The van der Waals surface area contributed by atoms with E-state index in [-0.39, 0.29) is 17.4 Å². The average Bonchev–Trinajstić information content (AvgIpc) is 2.62. The molecule has 0 heterocycles. The molecule has 0 saturated heterocycles. The van der Waals surface area contributed by atoms with Gasteiger partial charge < -0.3 is 21.5 Å². The maximum Gasteiger partial charge on any atom is 0.417 e. The van der Waals surface area contributed by atoms with E-state index in [0.29, 0.717) is 11.8 Å². The Morgan fingerprint density at radius 3 is 2.11 bits per heavy atom. The molecule has 7 nitrogen and oxygen atoms in total. The molecule has 0 unspecified atom stereocenters. The van der Waals surface area contributed by atoms with Crippen LogP contribution in [0.2, 0.25) is 0 Å². The van der Waals surface area contributed by atoms with Gasteiger partial charge >= 0.3 is 6.18 Å². The van der Waals surface area contributed by atoms with E-state index in [9.17, 15) is 23.1 Å². The van der Waals surface area contributed by atoms with Gasteiger partial charge in [-0.2, -0.15) is 13.2 Å². The van der Waals surface area contributed by atoms with Crippen LogP contribution >= 0.6 is 0 Å². The Labute approximate surface area is 158 Å². The third-order valence-electron chi connectivity index (χ3n) is 3.59. The molecule has 0 radical (unpaired) electrons. The second kappa shape index (κ2) is 7.99. The lowest BCUT2D eigenvalue weighted by atomic mass is 10.0. The van der Waals surface area contributed by atoms with E-state index < -0.39 is 29.0 Å². The highest BCUT2D eigenvalue weighted by atomic mass is 19.4. The zero-order chi connectivity index (χ0) is 21.1. The zero-order valence-corrected chi connectivity index (χ0v) is 15.0. The zero-order valence-electron chi connectivity index (χ0n) is 15.0. The van der Waals surface area contributed by atoms with Gasteiger partial charge in [-0.25, -0.2) is 9.98 Å². The molecule has 0 aliphatic heterocycles. The first kappa shape index (κ1) is 20.7. The molecule has 10 heteroatoms. The molecule has 0 aromatic heterocycles. The summed E-state index contributed by atoms with van der Waals surface area (Å²) in [7, 11) is 2.52. The average molecular weight is 393 g/mol. The number of aliphatic imine (C=N–C) groups is 2. The first-order valence-corrected chi connectivity index (χ1v) is 7.91. The van der Waals surface area contributed by atoms with Crippen molar-refractivity contribution in [2.75, 3.05) is 14.1 Å². The number of nitrogens with zero attached hydrogens (tertiary/aromatic N) is 3. The van der Waals surface area contributed by atoms with Crippen molar-refractivity contribution in [1.82, 2.24) is 4.90 Å². The third kappa shape index (κ3) is 4.58. The smallest absolute Gasteiger partial charge is 0.417 e. The van der Waals surface area contributed by atoms with Gasteiger partial charge in [0.05, 0.1) is 16.8 Å². The topological polar surface area (TPSA) is 117 Å². The Hall–Kier alpha value is -3.56. The van der Waals surface area contributed by atoms with Crippen molar-refractivity contribution >= 4 is 29.0 Å². The van der Waals surface area contributed by atoms with E-state index in [4.69, 9.17) is 11.5 Å². The van der Waals surface area contributed by atoms with E-state index in [0.717, 1.165) is 11.0 Å². The predicted molar refractivity (Wildman–Crippen MR) is 100 cm³/mol. The summed E-state index contributed by atoms with van der Waals surface area (Å²) in [5, 5.41) is 10.3. The standard InChI is InChI=1S/C18H18F3N5O2/c1-26(2)17(28)13-11(18(19,20)21)8-9-12(14(13)27)25-16(23)15(22)24-10-6-4-3-5-7-10/h3-9,27H,1-2H3,(H2,22,24)(H2,23,25). The van der Waals surface area contributed by atoms with Crippen molar-refractivity contribution in [3.05, 3.63) is 53.6 Å². The maximum atomic E-state index is 13.2. The van der Waals surface area contributed by atoms with Crippen LogP contribution in [0.25, 0.3) is 0 Å². The van der Waals surface area contributed by atoms with E-state index in [1.165, 1.54) is 14.1 Å². The first-order chi connectivity index (χ1) is 13.0. The van der Waals surface area contributed by atoms with Crippen molar-refractivity contribution < 1.29 is 23.1 Å². The number of amides is 1. The minimum Gasteiger partial charge on any atom is -0.505 e. The van der Waals surface area contributed by atoms with Crippen LogP contribution in [0.5, 0.6) is 5.75 Å². The van der Waals surface area contributed by atoms with Gasteiger partial charge in [-0.05, 0) is 24.3 Å². The number of para-hydroxylation sites is 1. The second-order valence-corrected chi connectivity index (χ2v) is 5.88. The van der Waals surface area contributed by atoms with E-state index in [2.05, 4.69) is 9.98 Å². The number of rotatable bonds is 3. The molecule has 148 valence electrons. The Morgan fingerprint density at radius 1 is 1.00 bits per heavy atom. The molecule has 0 spiro atoms. The summed E-state index contributed by atoms with van der Waals surface area (Å²) in [6.45, 7) is 0. The Kier molecular flexibility index (Phi) is 5.92. The molecule has 2 rings (SSSR count). The van der Waals surface area contributed by atoms with Crippen molar-refractivity contribution in [2.24, 2.45) is 21.5 Å². The number of carbonyl (C=O) groups excluding carboxylic acids is 1. The number of benzene rings is 2. The molecule has 1 amide bonds. The number of amidine groups is 2. The van der Waals surface area contributed by atoms with Gasteiger partial charge in [0.25, 0.3) is 5.91 Å². The highest BCUT2D eigenvalue weighted by Crippen LogP contribution is 2.40. The lowest BCUT2D eigenvalue weighted by Gasteiger charge is -2.18. The largest absolute Gasteiger partial charge is 0.505 e. The predicted octanol–water partition coefficient (Wildman–Crippen LogP) is 2.79. The molecule has 28 heavy (non-hydrogen) atoms. The Morgan fingerprint density at radius 2 is 1.57 bits per heavy atom. The second-order valence-electron chi connectivity index (χ2n) is 5.88. The number of phenolic OH excluding ortho intramolecular Hbond substituents is 1. The lowest BCUT2D eigenvalue weighted by Crippen LogP contribution is -2.31. The molecule has 2 aromatic rings. The monoisotopic (exact) mass is 393 g/mol. The van der Waals surface area contributed by atoms with Crippen molar-refractivity contribution in [3.63, 3.8) is 0 Å². The quantitative estimate of drug-likeness (QED) is 0.549. The molecule has 0 bridgehead atoms. The van der Waals surface area contributed by atoms with Gasteiger partial charge in [0, 0.05) is 14.1 Å². The molecule has 2 aromatic carbocycles. The number of carbonyl (C=O) groups is 1. The third-order valence-corrected chi connectivity index (χ3v) is 3.59. The minimum atomic E-state index is -4.85. The number of alkyl halides is 3. The molecule has 5 N–H and O–H groups in total. The SMILES string of the molecule is CN(C)C(=O)c1c(C(F)(F)F)ccc(N=C(N)C(N)=Nc2ccccc2)c1O. The summed E-state index contributed by atoms with van der Waals surface area (Å²) in [5.41, 5.74) is 9.42. The van der Waals surface area contributed by atoms with Crippen LogP contribution in [0.3, 0.4) is 0 Å². The fourth-order valence-corrected chi connectivity index (χ4v) is 2.23. The van der Waals surface area contributed by atoms with Gasteiger partial charge in [0.2, 0.25) is 0 Å². The number of hydrogen-bond acceptors (Lipinski definition) is 4. The van der Waals surface area contributed by atoms with Crippen LogP contribution in [0.1, 0.15) is 15.9 Å². The molecular weight excluding hydrogens is 375 g/mol. The molecule has 0 aliphatic carbocycles. The molecule has 0 atom stereocenters. The highest BCUT2D eigenvalue weighted by molar-refractivity contribution is 6.40. The Bertz CT molecular complexity index is 938. The number of halogens is 3. The van der Waals surface area contributed by atoms with Gasteiger partial charge in [0.1, 0.15) is 5.69 Å².